The molecule has 19 heavy (non-hydrogen) atoms. The molecule has 4 heteroatoms. The molecule has 4 nitrogen and oxygen atoms in total. The third-order valence-corrected chi connectivity index (χ3v) is 4.93. The molecular weight excluding hydrogens is 240 g/mol. The molecule has 3 rings (SSSR count). The first kappa shape index (κ1) is 13.8. The molecular formula is C15H28N2O2. The highest BCUT2D eigenvalue weighted by Gasteiger charge is 2.38. The summed E-state index contributed by atoms with van der Waals surface area (Å²) < 4.78 is 11.2. The van der Waals surface area contributed by atoms with E-state index in [2.05, 4.69) is 17.3 Å². The van der Waals surface area contributed by atoms with Crippen LogP contribution in [0.5, 0.6) is 0 Å². The fraction of sp³-hybridized carbons (Fsp3) is 1.00. The number of hydrogen-bond donors (Lipinski definition) is 1. The van der Waals surface area contributed by atoms with Crippen molar-refractivity contribution in [3.05, 3.63) is 0 Å². The van der Waals surface area contributed by atoms with Crippen molar-refractivity contribution in [2.24, 2.45) is 5.41 Å². The van der Waals surface area contributed by atoms with Crippen LogP contribution in [-0.2, 0) is 9.47 Å². The molecule has 2 aliphatic heterocycles. The number of nitrogens with zero attached hydrogens (tertiary/aromatic N) is 1. The molecule has 1 aliphatic carbocycles. The van der Waals surface area contributed by atoms with E-state index in [-0.39, 0.29) is 0 Å². The molecule has 3 fully saturated rings. The molecule has 0 bridgehead atoms. The fourth-order valence-corrected chi connectivity index (χ4v) is 3.40. The number of hydrogen-bond acceptors (Lipinski definition) is 4. The molecule has 0 aromatic rings. The normalized spacial score (nSPS) is 33.2. The highest BCUT2D eigenvalue weighted by atomic mass is 16.5. The minimum atomic E-state index is 0.343. The summed E-state index contributed by atoms with van der Waals surface area (Å²) in [6.45, 7) is 6.02. The van der Waals surface area contributed by atoms with Crippen LogP contribution in [0.1, 0.15) is 32.1 Å². The summed E-state index contributed by atoms with van der Waals surface area (Å²) in [5, 5.41) is 3.72. The van der Waals surface area contributed by atoms with Crippen LogP contribution in [0, 0.1) is 5.41 Å². The van der Waals surface area contributed by atoms with Crippen LogP contribution >= 0.6 is 0 Å². The number of ether oxygens (including phenoxy) is 2. The van der Waals surface area contributed by atoms with Gasteiger partial charge in [-0.15, -0.1) is 0 Å². The lowest BCUT2D eigenvalue weighted by molar-refractivity contribution is 0.0244. The average molecular weight is 268 g/mol. The topological polar surface area (TPSA) is 33.7 Å². The standard InChI is InChI=1S/C15H28N2O2/c1-17(14-4-7-18-8-5-14)11-15(6-9-19-12-15)10-16-13-2-3-13/h13-14,16H,2-12H2,1H3. The predicted octanol–water partition coefficient (Wildman–Crippen LogP) is 1.26. The quantitative estimate of drug-likeness (QED) is 0.786. The molecule has 1 unspecified atom stereocenters. The van der Waals surface area contributed by atoms with Gasteiger partial charge in [-0.05, 0) is 39.2 Å². The van der Waals surface area contributed by atoms with E-state index in [4.69, 9.17) is 9.47 Å². The molecule has 0 aromatic heterocycles. The number of rotatable bonds is 6. The summed E-state index contributed by atoms with van der Waals surface area (Å²) in [5.74, 6) is 0. The first-order valence-corrected chi connectivity index (χ1v) is 7.87. The van der Waals surface area contributed by atoms with Crippen molar-refractivity contribution in [1.29, 1.82) is 0 Å². The van der Waals surface area contributed by atoms with Gasteiger partial charge in [-0.1, -0.05) is 0 Å². The second kappa shape index (κ2) is 6.08. The van der Waals surface area contributed by atoms with Crippen molar-refractivity contribution in [1.82, 2.24) is 10.2 Å². The Morgan fingerprint density at radius 1 is 1.11 bits per heavy atom. The van der Waals surface area contributed by atoms with Crippen LogP contribution in [0.25, 0.3) is 0 Å². The maximum absolute atomic E-state index is 5.71. The molecule has 0 spiro atoms. The Kier molecular flexibility index (Phi) is 4.42. The summed E-state index contributed by atoms with van der Waals surface area (Å²) in [6, 6.07) is 1.50. The highest BCUT2D eigenvalue weighted by molar-refractivity contribution is 4.92. The second-order valence-corrected chi connectivity index (χ2v) is 6.72. The lowest BCUT2D eigenvalue weighted by Crippen LogP contribution is -2.48. The maximum atomic E-state index is 5.71. The number of nitrogens with one attached hydrogen (secondary N) is 1. The van der Waals surface area contributed by atoms with E-state index in [9.17, 15) is 0 Å². The van der Waals surface area contributed by atoms with Crippen molar-refractivity contribution in [3.8, 4) is 0 Å². The molecule has 0 radical (unpaired) electrons. The fourth-order valence-electron chi connectivity index (χ4n) is 3.40. The van der Waals surface area contributed by atoms with E-state index in [0.717, 1.165) is 45.6 Å². The van der Waals surface area contributed by atoms with E-state index >= 15 is 0 Å². The monoisotopic (exact) mass is 268 g/mol. The van der Waals surface area contributed by atoms with Gasteiger partial charge in [0.15, 0.2) is 0 Å². The Morgan fingerprint density at radius 3 is 2.53 bits per heavy atom. The van der Waals surface area contributed by atoms with Gasteiger partial charge in [0.1, 0.15) is 0 Å². The predicted molar refractivity (Wildman–Crippen MR) is 75.4 cm³/mol. The van der Waals surface area contributed by atoms with Gasteiger partial charge >= 0.3 is 0 Å². The summed E-state index contributed by atoms with van der Waals surface area (Å²) in [4.78, 5) is 2.56. The van der Waals surface area contributed by atoms with Gasteiger partial charge < -0.3 is 19.7 Å². The van der Waals surface area contributed by atoms with Gasteiger partial charge in [0, 0.05) is 50.4 Å². The zero-order chi connectivity index (χ0) is 13.1. The molecule has 110 valence electrons. The largest absolute Gasteiger partial charge is 0.381 e. The van der Waals surface area contributed by atoms with Crippen molar-refractivity contribution >= 4 is 0 Å². The molecule has 1 saturated carbocycles. The first-order valence-electron chi connectivity index (χ1n) is 7.87. The van der Waals surface area contributed by atoms with E-state index in [0.29, 0.717) is 11.5 Å². The van der Waals surface area contributed by atoms with Crippen molar-refractivity contribution < 1.29 is 9.47 Å². The summed E-state index contributed by atoms with van der Waals surface area (Å²) in [5.41, 5.74) is 0.343. The van der Waals surface area contributed by atoms with Gasteiger partial charge in [-0.25, -0.2) is 0 Å². The summed E-state index contributed by atoms with van der Waals surface area (Å²) in [6.07, 6.45) is 6.31. The Balaban J connectivity index is 1.53. The molecule has 1 atom stereocenters. The molecule has 2 heterocycles. The van der Waals surface area contributed by atoms with Gasteiger partial charge in [-0.2, -0.15) is 0 Å². The van der Waals surface area contributed by atoms with Crippen LogP contribution < -0.4 is 5.32 Å². The summed E-state index contributed by atoms with van der Waals surface area (Å²) in [7, 11) is 2.28. The van der Waals surface area contributed by atoms with Crippen LogP contribution in [0.2, 0.25) is 0 Å². The summed E-state index contributed by atoms with van der Waals surface area (Å²) >= 11 is 0. The van der Waals surface area contributed by atoms with Gasteiger partial charge in [0.2, 0.25) is 0 Å². The Labute approximate surface area is 116 Å². The molecule has 0 amide bonds. The third kappa shape index (κ3) is 3.69. The van der Waals surface area contributed by atoms with E-state index in [1.54, 1.807) is 0 Å². The maximum Gasteiger partial charge on any atom is 0.0547 e. The van der Waals surface area contributed by atoms with Crippen molar-refractivity contribution in [3.63, 3.8) is 0 Å². The van der Waals surface area contributed by atoms with E-state index < -0.39 is 0 Å². The Bertz CT molecular complexity index is 282. The van der Waals surface area contributed by atoms with Crippen LogP contribution in [0.4, 0.5) is 0 Å². The molecule has 0 aromatic carbocycles. The van der Waals surface area contributed by atoms with E-state index in [1.165, 1.54) is 32.1 Å². The lowest BCUT2D eigenvalue weighted by Gasteiger charge is -2.38. The van der Waals surface area contributed by atoms with Crippen LogP contribution in [0.3, 0.4) is 0 Å². The average Bonchev–Trinajstić information content (AvgIpc) is 3.17. The van der Waals surface area contributed by atoms with Gasteiger partial charge in [0.05, 0.1) is 6.61 Å². The van der Waals surface area contributed by atoms with Crippen LogP contribution in [0.15, 0.2) is 0 Å². The van der Waals surface area contributed by atoms with E-state index in [1.807, 2.05) is 0 Å². The second-order valence-electron chi connectivity index (χ2n) is 6.72. The van der Waals surface area contributed by atoms with Gasteiger partial charge in [0.25, 0.3) is 0 Å². The Hall–Kier alpha value is -0.160. The van der Waals surface area contributed by atoms with Gasteiger partial charge in [-0.3, -0.25) is 0 Å². The zero-order valence-electron chi connectivity index (χ0n) is 12.2. The van der Waals surface area contributed by atoms with Crippen molar-refractivity contribution in [2.45, 2.75) is 44.2 Å². The molecule has 3 aliphatic rings. The lowest BCUT2D eigenvalue weighted by atomic mass is 9.85. The minimum Gasteiger partial charge on any atom is -0.381 e. The zero-order valence-corrected chi connectivity index (χ0v) is 12.2. The smallest absolute Gasteiger partial charge is 0.0547 e. The van der Waals surface area contributed by atoms with Crippen molar-refractivity contribution in [2.75, 3.05) is 46.6 Å². The minimum absolute atomic E-state index is 0.343. The highest BCUT2D eigenvalue weighted by Crippen LogP contribution is 2.32. The SMILES string of the molecule is CN(CC1(CNC2CC2)CCOC1)C1CCOCC1. The third-order valence-electron chi connectivity index (χ3n) is 4.93. The van der Waals surface area contributed by atoms with Crippen LogP contribution in [-0.4, -0.2) is 63.5 Å². The molecule has 2 saturated heterocycles. The Morgan fingerprint density at radius 2 is 1.89 bits per heavy atom. The molecule has 1 N–H and O–H groups in total. The first-order chi connectivity index (χ1) is 9.27.